The monoisotopic (exact) mass is 339 g/mol. The van der Waals surface area contributed by atoms with Crippen molar-refractivity contribution in [2.24, 2.45) is 0 Å². The van der Waals surface area contributed by atoms with Crippen LogP contribution >= 0.6 is 0 Å². The summed E-state index contributed by atoms with van der Waals surface area (Å²) in [4.78, 5) is 8.75. The maximum atomic E-state index is 9.49. The maximum Gasteiger partial charge on any atom is 0.129 e. The third kappa shape index (κ3) is 3.99. The van der Waals surface area contributed by atoms with Gasteiger partial charge in [0, 0.05) is 17.7 Å². The molecule has 0 saturated heterocycles. The van der Waals surface area contributed by atoms with E-state index in [9.17, 15) is 5.11 Å². The fraction of sp³-hybridized carbons (Fsp3) is 0.500. The van der Waals surface area contributed by atoms with Crippen molar-refractivity contribution in [3.8, 4) is 0 Å². The average molecular weight is 339 g/mol. The first-order chi connectivity index (χ1) is 12.3. The second kappa shape index (κ2) is 7.50. The van der Waals surface area contributed by atoms with E-state index in [1.807, 2.05) is 24.3 Å². The summed E-state index contributed by atoms with van der Waals surface area (Å²) in [6.07, 6.45) is 6.64. The molecule has 1 heterocycles. The van der Waals surface area contributed by atoms with E-state index in [-0.39, 0.29) is 12.2 Å². The first kappa shape index (κ1) is 16.5. The van der Waals surface area contributed by atoms with E-state index in [0.717, 1.165) is 37.2 Å². The van der Waals surface area contributed by atoms with Gasteiger partial charge in [-0.3, -0.25) is 0 Å². The van der Waals surface area contributed by atoms with Gasteiger partial charge in [-0.1, -0.05) is 30.3 Å². The molecular weight excluding hydrogens is 314 g/mol. The Balaban J connectivity index is 1.35. The molecular formula is C20H25N3O2. The summed E-state index contributed by atoms with van der Waals surface area (Å²) >= 11 is 0. The van der Waals surface area contributed by atoms with Crippen LogP contribution < -0.4 is 5.32 Å². The Hall–Kier alpha value is -1.98. The van der Waals surface area contributed by atoms with E-state index >= 15 is 0 Å². The predicted octanol–water partition coefficient (Wildman–Crippen LogP) is 3.26. The first-order valence-corrected chi connectivity index (χ1v) is 9.20. The quantitative estimate of drug-likeness (QED) is 0.845. The molecule has 4 rings (SSSR count). The minimum atomic E-state index is -0.165. The molecule has 1 aromatic carbocycles. The van der Waals surface area contributed by atoms with Crippen molar-refractivity contribution in [2.75, 3.05) is 5.32 Å². The van der Waals surface area contributed by atoms with Crippen LogP contribution in [0.4, 0.5) is 5.82 Å². The van der Waals surface area contributed by atoms with Crippen LogP contribution in [0.1, 0.15) is 49.3 Å². The van der Waals surface area contributed by atoms with Crippen LogP contribution in [0.2, 0.25) is 0 Å². The number of anilines is 1. The van der Waals surface area contributed by atoms with Gasteiger partial charge in [-0.2, -0.15) is 0 Å². The van der Waals surface area contributed by atoms with Crippen LogP contribution in [0.25, 0.3) is 0 Å². The van der Waals surface area contributed by atoms with Gasteiger partial charge >= 0.3 is 0 Å². The van der Waals surface area contributed by atoms with Crippen molar-refractivity contribution in [3.05, 3.63) is 54.0 Å². The lowest BCUT2D eigenvalue weighted by Gasteiger charge is -2.31. The largest absolute Gasteiger partial charge is 0.393 e. The number of aliphatic hydroxyl groups is 1. The van der Waals surface area contributed by atoms with Crippen molar-refractivity contribution in [1.29, 1.82) is 0 Å². The number of aromatic nitrogens is 2. The lowest BCUT2D eigenvalue weighted by Crippen LogP contribution is -2.31. The van der Waals surface area contributed by atoms with Gasteiger partial charge in [0.05, 0.1) is 24.9 Å². The zero-order chi connectivity index (χ0) is 17.1. The lowest BCUT2D eigenvalue weighted by molar-refractivity contribution is 0.0394. The van der Waals surface area contributed by atoms with Crippen LogP contribution in [0, 0.1) is 0 Å². The Morgan fingerprint density at radius 1 is 1.12 bits per heavy atom. The number of hydrogen-bond donors (Lipinski definition) is 2. The smallest absolute Gasteiger partial charge is 0.129 e. The predicted molar refractivity (Wildman–Crippen MR) is 96.3 cm³/mol. The van der Waals surface area contributed by atoms with Crippen LogP contribution in [-0.4, -0.2) is 33.3 Å². The summed E-state index contributed by atoms with van der Waals surface area (Å²) < 4.78 is 6.16. The molecule has 5 nitrogen and oxygen atoms in total. The summed E-state index contributed by atoms with van der Waals surface area (Å²) in [5.41, 5.74) is 2.24. The van der Waals surface area contributed by atoms with E-state index < -0.39 is 0 Å². The van der Waals surface area contributed by atoms with E-state index in [2.05, 4.69) is 27.4 Å². The van der Waals surface area contributed by atoms with E-state index in [1.165, 1.54) is 12.0 Å². The van der Waals surface area contributed by atoms with Gasteiger partial charge < -0.3 is 15.2 Å². The van der Waals surface area contributed by atoms with E-state index in [0.29, 0.717) is 18.6 Å². The third-order valence-electron chi connectivity index (χ3n) is 5.31. The molecule has 132 valence electrons. The summed E-state index contributed by atoms with van der Waals surface area (Å²) in [5, 5.41) is 13.0. The molecule has 0 amide bonds. The van der Waals surface area contributed by atoms with Crippen LogP contribution in [0.5, 0.6) is 0 Å². The highest BCUT2D eigenvalue weighted by Crippen LogP contribution is 2.36. The minimum Gasteiger partial charge on any atom is -0.393 e. The fourth-order valence-corrected chi connectivity index (χ4v) is 3.76. The molecule has 2 aromatic rings. The average Bonchev–Trinajstić information content (AvgIpc) is 3.05. The minimum absolute atomic E-state index is 0.165. The molecule has 0 bridgehead atoms. The topological polar surface area (TPSA) is 67.3 Å². The Bertz CT molecular complexity index is 688. The Morgan fingerprint density at radius 2 is 1.96 bits per heavy atom. The van der Waals surface area contributed by atoms with E-state index in [4.69, 9.17) is 4.74 Å². The Labute approximate surface area is 148 Å². The van der Waals surface area contributed by atoms with Crippen molar-refractivity contribution < 1.29 is 9.84 Å². The molecule has 0 aliphatic heterocycles. The Morgan fingerprint density at radius 3 is 2.76 bits per heavy atom. The summed E-state index contributed by atoms with van der Waals surface area (Å²) in [5.74, 6) is 1.24. The highest BCUT2D eigenvalue weighted by Gasteiger charge is 2.31. The zero-order valence-electron chi connectivity index (χ0n) is 14.3. The number of rotatable bonds is 6. The molecule has 2 atom stereocenters. The van der Waals surface area contributed by atoms with Crippen molar-refractivity contribution >= 4 is 5.82 Å². The molecule has 2 saturated carbocycles. The van der Waals surface area contributed by atoms with Gasteiger partial charge in [-0.15, -0.1) is 0 Å². The molecule has 0 radical (unpaired) electrons. The van der Waals surface area contributed by atoms with Crippen molar-refractivity contribution in [2.45, 2.75) is 62.9 Å². The van der Waals surface area contributed by atoms with E-state index in [1.54, 1.807) is 6.33 Å². The standard InChI is InChI=1S/C20H25N3O2/c24-16-9-15(10-16)18-11-20(22-13-21-18)23-17-7-4-8-19(17)25-12-14-5-2-1-3-6-14/h1-3,5-6,11,13,15-17,19,24H,4,7-10,12H2,(H,21,22,23). The molecule has 2 unspecified atom stereocenters. The molecule has 2 fully saturated rings. The fourth-order valence-electron chi connectivity index (χ4n) is 3.76. The number of nitrogens with one attached hydrogen (secondary N) is 1. The van der Waals surface area contributed by atoms with Crippen LogP contribution in [-0.2, 0) is 11.3 Å². The van der Waals surface area contributed by atoms with Crippen LogP contribution in [0.3, 0.4) is 0 Å². The molecule has 25 heavy (non-hydrogen) atoms. The second-order valence-electron chi connectivity index (χ2n) is 7.17. The molecule has 2 aliphatic carbocycles. The third-order valence-corrected chi connectivity index (χ3v) is 5.31. The van der Waals surface area contributed by atoms with Gasteiger partial charge in [0.1, 0.15) is 12.1 Å². The number of hydrogen-bond acceptors (Lipinski definition) is 5. The number of benzene rings is 1. The maximum absolute atomic E-state index is 9.49. The highest BCUT2D eigenvalue weighted by molar-refractivity contribution is 5.38. The number of aliphatic hydroxyl groups excluding tert-OH is 1. The number of nitrogens with zero attached hydrogens (tertiary/aromatic N) is 2. The number of ether oxygens (including phenoxy) is 1. The molecule has 0 spiro atoms. The van der Waals surface area contributed by atoms with Crippen LogP contribution in [0.15, 0.2) is 42.7 Å². The highest BCUT2D eigenvalue weighted by atomic mass is 16.5. The van der Waals surface area contributed by atoms with Gasteiger partial charge in [0.15, 0.2) is 0 Å². The van der Waals surface area contributed by atoms with Crippen molar-refractivity contribution in [1.82, 2.24) is 9.97 Å². The summed E-state index contributed by atoms with van der Waals surface area (Å²) in [6.45, 7) is 0.651. The normalized spacial score (nSPS) is 28.5. The SMILES string of the molecule is OC1CC(c2cc(NC3CCCC3OCc3ccccc3)ncn2)C1. The van der Waals surface area contributed by atoms with Gasteiger partial charge in [0.25, 0.3) is 0 Å². The molecule has 2 N–H and O–H groups in total. The van der Waals surface area contributed by atoms with Gasteiger partial charge in [0.2, 0.25) is 0 Å². The molecule has 5 heteroatoms. The first-order valence-electron chi connectivity index (χ1n) is 9.20. The van der Waals surface area contributed by atoms with Gasteiger partial charge in [-0.05, 0) is 37.7 Å². The van der Waals surface area contributed by atoms with Crippen molar-refractivity contribution in [3.63, 3.8) is 0 Å². The molecule has 2 aliphatic rings. The second-order valence-corrected chi connectivity index (χ2v) is 7.17. The molecule has 1 aromatic heterocycles. The Kier molecular flexibility index (Phi) is 4.95. The summed E-state index contributed by atoms with van der Waals surface area (Å²) in [6, 6.07) is 12.6. The van der Waals surface area contributed by atoms with Gasteiger partial charge in [-0.25, -0.2) is 9.97 Å². The summed E-state index contributed by atoms with van der Waals surface area (Å²) in [7, 11) is 0. The zero-order valence-corrected chi connectivity index (χ0v) is 14.3. The lowest BCUT2D eigenvalue weighted by atomic mass is 9.80.